The van der Waals surface area contributed by atoms with Crippen LogP contribution < -0.4 is 4.72 Å². The molecule has 0 fully saturated rings. The Morgan fingerprint density at radius 3 is 2.42 bits per heavy atom. The predicted octanol–water partition coefficient (Wildman–Crippen LogP) is 1.16. The van der Waals surface area contributed by atoms with Crippen molar-refractivity contribution in [1.29, 1.82) is 0 Å². The van der Waals surface area contributed by atoms with Gasteiger partial charge >= 0.3 is 12.1 Å². The van der Waals surface area contributed by atoms with Gasteiger partial charge in [-0.25, -0.2) is 8.42 Å². The number of ether oxygens (including phenoxy) is 1. The minimum Gasteiger partial charge on any atom is -0.468 e. The molecular formula is C10H10F3NO4S. The average molecular weight is 297 g/mol. The van der Waals surface area contributed by atoms with E-state index in [4.69, 9.17) is 0 Å². The van der Waals surface area contributed by atoms with E-state index in [0.717, 1.165) is 25.3 Å². The summed E-state index contributed by atoms with van der Waals surface area (Å²) in [5.74, 6) is -0.909. The van der Waals surface area contributed by atoms with Crippen molar-refractivity contribution in [2.24, 2.45) is 0 Å². The number of methoxy groups -OCH3 is 1. The van der Waals surface area contributed by atoms with Crippen LogP contribution in [-0.4, -0.2) is 28.0 Å². The van der Waals surface area contributed by atoms with E-state index in [9.17, 15) is 26.4 Å². The molecule has 0 aliphatic heterocycles. The number of rotatable bonds is 4. The molecular weight excluding hydrogens is 287 g/mol. The monoisotopic (exact) mass is 297 g/mol. The summed E-state index contributed by atoms with van der Waals surface area (Å²) in [7, 11) is -3.42. The van der Waals surface area contributed by atoms with Crippen molar-refractivity contribution in [3.8, 4) is 0 Å². The van der Waals surface area contributed by atoms with Gasteiger partial charge in [0.05, 0.1) is 17.6 Å². The lowest BCUT2D eigenvalue weighted by atomic mass is 10.2. The summed E-state index contributed by atoms with van der Waals surface area (Å²) < 4.78 is 67.3. The van der Waals surface area contributed by atoms with Crippen molar-refractivity contribution in [3.05, 3.63) is 29.8 Å². The van der Waals surface area contributed by atoms with Crippen molar-refractivity contribution in [2.75, 3.05) is 13.7 Å². The highest BCUT2D eigenvalue weighted by atomic mass is 32.2. The Morgan fingerprint density at radius 2 is 1.89 bits per heavy atom. The summed E-state index contributed by atoms with van der Waals surface area (Å²) in [6.07, 6.45) is -4.81. The number of hydrogen-bond donors (Lipinski definition) is 1. The summed E-state index contributed by atoms with van der Waals surface area (Å²) in [6.45, 7) is -0.745. The van der Waals surface area contributed by atoms with Gasteiger partial charge in [0.15, 0.2) is 0 Å². The molecule has 0 aliphatic carbocycles. The zero-order valence-corrected chi connectivity index (χ0v) is 10.5. The van der Waals surface area contributed by atoms with Crippen LogP contribution in [0, 0.1) is 0 Å². The fraction of sp³-hybridized carbons (Fsp3) is 0.300. The van der Waals surface area contributed by atoms with E-state index < -0.39 is 39.2 Å². The lowest BCUT2D eigenvalue weighted by molar-refractivity contribution is -0.140. The van der Waals surface area contributed by atoms with Crippen LogP contribution in [0.15, 0.2) is 29.2 Å². The van der Waals surface area contributed by atoms with Gasteiger partial charge in [-0.15, -0.1) is 0 Å². The topological polar surface area (TPSA) is 72.5 Å². The maximum absolute atomic E-state index is 12.7. The molecule has 1 aromatic carbocycles. The Balaban J connectivity index is 3.12. The van der Waals surface area contributed by atoms with Gasteiger partial charge in [-0.3, -0.25) is 4.79 Å². The number of nitrogens with one attached hydrogen (secondary N) is 1. The molecule has 0 saturated heterocycles. The second-order valence-corrected chi connectivity index (χ2v) is 5.13. The number of carbonyl (C=O) groups excluding carboxylic acids is 1. The Labute approximate surface area is 107 Å². The highest BCUT2D eigenvalue weighted by Gasteiger charge is 2.36. The van der Waals surface area contributed by atoms with Gasteiger partial charge in [0.25, 0.3) is 0 Å². The molecule has 1 aromatic rings. The quantitative estimate of drug-likeness (QED) is 0.846. The van der Waals surface area contributed by atoms with Crippen LogP contribution in [0.25, 0.3) is 0 Å². The molecule has 0 heterocycles. The third kappa shape index (κ3) is 3.93. The maximum atomic E-state index is 12.7. The Kier molecular flexibility index (Phi) is 4.53. The van der Waals surface area contributed by atoms with Gasteiger partial charge < -0.3 is 4.74 Å². The summed E-state index contributed by atoms with van der Waals surface area (Å²) in [6, 6.07) is 3.68. The molecule has 1 N–H and O–H groups in total. The third-order valence-corrected chi connectivity index (χ3v) is 3.58. The van der Waals surface area contributed by atoms with Crippen LogP contribution in [0.1, 0.15) is 5.56 Å². The standard InChI is InChI=1S/C10H10F3NO4S/c1-18-9(15)6-14-19(16,17)8-5-3-2-4-7(8)10(11,12)13/h2-5,14H,6H2,1H3. The Morgan fingerprint density at radius 1 is 1.32 bits per heavy atom. The van der Waals surface area contributed by atoms with Crippen molar-refractivity contribution >= 4 is 16.0 Å². The predicted molar refractivity (Wildman–Crippen MR) is 58.6 cm³/mol. The average Bonchev–Trinajstić information content (AvgIpc) is 2.35. The van der Waals surface area contributed by atoms with Crippen LogP contribution in [0.4, 0.5) is 13.2 Å². The van der Waals surface area contributed by atoms with Crippen LogP contribution in [-0.2, 0) is 25.7 Å². The second kappa shape index (κ2) is 5.57. The Hall–Kier alpha value is -1.61. The molecule has 5 nitrogen and oxygen atoms in total. The molecule has 0 spiro atoms. The minimum absolute atomic E-state index is 0.646. The molecule has 9 heteroatoms. The maximum Gasteiger partial charge on any atom is 0.417 e. The highest BCUT2D eigenvalue weighted by Crippen LogP contribution is 2.33. The minimum atomic E-state index is -4.81. The summed E-state index contributed by atoms with van der Waals surface area (Å²) >= 11 is 0. The van der Waals surface area contributed by atoms with Gasteiger partial charge in [-0.05, 0) is 12.1 Å². The van der Waals surface area contributed by atoms with E-state index in [2.05, 4.69) is 4.74 Å². The van der Waals surface area contributed by atoms with Crippen LogP contribution in [0.5, 0.6) is 0 Å². The van der Waals surface area contributed by atoms with E-state index in [1.54, 1.807) is 4.72 Å². The van der Waals surface area contributed by atoms with Gasteiger partial charge in [0.1, 0.15) is 6.54 Å². The van der Waals surface area contributed by atoms with Crippen molar-refractivity contribution in [1.82, 2.24) is 4.72 Å². The number of carbonyl (C=O) groups is 1. The molecule has 0 saturated carbocycles. The molecule has 0 atom stereocenters. The smallest absolute Gasteiger partial charge is 0.417 e. The summed E-state index contributed by atoms with van der Waals surface area (Å²) in [5, 5.41) is 0. The molecule has 19 heavy (non-hydrogen) atoms. The number of hydrogen-bond acceptors (Lipinski definition) is 4. The number of halogens is 3. The number of esters is 1. The first-order valence-corrected chi connectivity index (χ1v) is 6.39. The number of sulfonamides is 1. The van der Waals surface area contributed by atoms with E-state index in [1.165, 1.54) is 0 Å². The molecule has 0 aromatic heterocycles. The van der Waals surface area contributed by atoms with Gasteiger partial charge in [0.2, 0.25) is 10.0 Å². The Bertz CT molecular complexity index is 568. The van der Waals surface area contributed by atoms with Crippen LogP contribution in [0.2, 0.25) is 0 Å². The summed E-state index contributed by atoms with van der Waals surface area (Å²) in [5.41, 5.74) is -1.30. The van der Waals surface area contributed by atoms with Gasteiger partial charge in [-0.2, -0.15) is 17.9 Å². The SMILES string of the molecule is COC(=O)CNS(=O)(=O)c1ccccc1C(F)(F)F. The molecule has 1 rings (SSSR count). The van der Waals surface area contributed by atoms with E-state index >= 15 is 0 Å². The molecule has 0 amide bonds. The van der Waals surface area contributed by atoms with E-state index in [-0.39, 0.29) is 0 Å². The highest BCUT2D eigenvalue weighted by molar-refractivity contribution is 7.89. The first-order chi connectivity index (χ1) is 8.68. The normalized spacial score (nSPS) is 12.2. The fourth-order valence-corrected chi connectivity index (χ4v) is 2.43. The number of benzene rings is 1. The first-order valence-electron chi connectivity index (χ1n) is 4.91. The van der Waals surface area contributed by atoms with Gasteiger partial charge in [0, 0.05) is 0 Å². The van der Waals surface area contributed by atoms with Crippen LogP contribution >= 0.6 is 0 Å². The lowest BCUT2D eigenvalue weighted by Crippen LogP contribution is -2.31. The zero-order valence-electron chi connectivity index (χ0n) is 9.69. The van der Waals surface area contributed by atoms with Crippen molar-refractivity contribution < 1.29 is 31.1 Å². The molecule has 0 unspecified atom stereocenters. The van der Waals surface area contributed by atoms with Crippen molar-refractivity contribution in [2.45, 2.75) is 11.1 Å². The lowest BCUT2D eigenvalue weighted by Gasteiger charge is -2.13. The molecule has 0 aliphatic rings. The molecule has 106 valence electrons. The number of alkyl halides is 3. The molecule has 0 radical (unpaired) electrons. The third-order valence-electron chi connectivity index (χ3n) is 2.12. The zero-order chi connectivity index (χ0) is 14.7. The molecule has 0 bridgehead atoms. The summed E-state index contributed by atoms with van der Waals surface area (Å²) in [4.78, 5) is 9.86. The van der Waals surface area contributed by atoms with E-state index in [0.29, 0.717) is 6.07 Å². The van der Waals surface area contributed by atoms with Crippen LogP contribution in [0.3, 0.4) is 0 Å². The second-order valence-electron chi connectivity index (χ2n) is 3.39. The largest absolute Gasteiger partial charge is 0.468 e. The first kappa shape index (κ1) is 15.4. The van der Waals surface area contributed by atoms with Gasteiger partial charge in [-0.1, -0.05) is 12.1 Å². The van der Waals surface area contributed by atoms with Crippen molar-refractivity contribution in [3.63, 3.8) is 0 Å². The fourth-order valence-electron chi connectivity index (χ4n) is 1.24. The van der Waals surface area contributed by atoms with E-state index in [1.807, 2.05) is 0 Å².